The molecule has 2 atom stereocenters. The minimum absolute atomic E-state index is 0.000636. The number of halogens is 1. The van der Waals surface area contributed by atoms with Crippen LogP contribution in [0.15, 0.2) is 89.9 Å². The van der Waals surface area contributed by atoms with Crippen LogP contribution in [0.5, 0.6) is 0 Å². The van der Waals surface area contributed by atoms with E-state index in [4.69, 9.17) is 4.99 Å². The van der Waals surface area contributed by atoms with E-state index in [2.05, 4.69) is 46.9 Å². The first-order chi connectivity index (χ1) is 13.2. The molecule has 0 aliphatic carbocycles. The fourth-order valence-corrected chi connectivity index (χ4v) is 4.24. The largest absolute Gasteiger partial charge is 0.287 e. The van der Waals surface area contributed by atoms with Crippen molar-refractivity contribution >= 4 is 34.3 Å². The number of aliphatic imine (C=N–C) groups is 1. The molecule has 134 valence electrons. The zero-order valence-electron chi connectivity index (χ0n) is 14.9. The monoisotopic (exact) mass is 466 g/mol. The highest BCUT2D eigenvalue weighted by Crippen LogP contribution is 2.43. The van der Waals surface area contributed by atoms with Gasteiger partial charge >= 0.3 is 0 Å². The second-order valence-electron chi connectivity index (χ2n) is 6.53. The van der Waals surface area contributed by atoms with Crippen LogP contribution >= 0.6 is 22.6 Å². The number of amides is 1. The Morgan fingerprint density at radius 1 is 0.852 bits per heavy atom. The van der Waals surface area contributed by atoms with E-state index in [1.54, 1.807) is 6.92 Å². The Bertz CT molecular complexity index is 986. The molecule has 0 spiro atoms. The van der Waals surface area contributed by atoms with Gasteiger partial charge in [-0.2, -0.15) is 0 Å². The highest BCUT2D eigenvalue weighted by Gasteiger charge is 2.41. The van der Waals surface area contributed by atoms with Crippen LogP contribution in [-0.4, -0.2) is 16.6 Å². The zero-order chi connectivity index (χ0) is 18.8. The van der Waals surface area contributed by atoms with Gasteiger partial charge in [-0.25, -0.2) is 0 Å². The maximum Gasteiger partial charge on any atom is 0.225 e. The quantitative estimate of drug-likeness (QED) is 0.477. The van der Waals surface area contributed by atoms with Crippen molar-refractivity contribution in [1.29, 1.82) is 0 Å². The van der Waals surface area contributed by atoms with Crippen LogP contribution in [0.3, 0.4) is 0 Å². The van der Waals surface area contributed by atoms with E-state index in [9.17, 15) is 4.79 Å². The molecule has 3 aromatic rings. The van der Waals surface area contributed by atoms with Crippen molar-refractivity contribution in [2.75, 3.05) is 0 Å². The van der Waals surface area contributed by atoms with Crippen molar-refractivity contribution < 1.29 is 4.79 Å². The van der Waals surface area contributed by atoms with Gasteiger partial charge in [0.2, 0.25) is 5.91 Å². The van der Waals surface area contributed by atoms with Crippen LogP contribution < -0.4 is 0 Å². The lowest BCUT2D eigenvalue weighted by molar-refractivity contribution is -0.126. The average molecular weight is 466 g/mol. The van der Waals surface area contributed by atoms with Gasteiger partial charge in [-0.3, -0.25) is 14.7 Å². The van der Waals surface area contributed by atoms with E-state index in [0.717, 1.165) is 26.1 Å². The van der Waals surface area contributed by atoms with Crippen molar-refractivity contribution in [2.24, 2.45) is 4.99 Å². The van der Waals surface area contributed by atoms with Crippen molar-refractivity contribution in [2.45, 2.75) is 19.0 Å². The van der Waals surface area contributed by atoms with Crippen LogP contribution in [0, 0.1) is 3.57 Å². The Morgan fingerprint density at radius 3 is 2.00 bits per heavy atom. The molecule has 4 rings (SSSR count). The molecule has 0 fully saturated rings. The summed E-state index contributed by atoms with van der Waals surface area (Å²) < 4.78 is 1.08. The molecule has 1 heterocycles. The summed E-state index contributed by atoms with van der Waals surface area (Å²) >= 11 is 2.31. The van der Waals surface area contributed by atoms with E-state index in [1.165, 1.54) is 0 Å². The van der Waals surface area contributed by atoms with E-state index >= 15 is 0 Å². The molecule has 0 bridgehead atoms. The number of nitrogens with zero attached hydrogens (tertiary/aromatic N) is 2. The lowest BCUT2D eigenvalue weighted by Gasteiger charge is -2.28. The number of carbonyl (C=O) groups is 1. The van der Waals surface area contributed by atoms with Gasteiger partial charge in [0, 0.05) is 16.1 Å². The summed E-state index contributed by atoms with van der Waals surface area (Å²) in [4.78, 5) is 19.7. The topological polar surface area (TPSA) is 32.7 Å². The SMILES string of the molecule is CC(=O)N1C(c2ccccc2I)=N[C@@H](c2ccccc2)[C@@H]1c1ccccc1. The Labute approximate surface area is 172 Å². The predicted molar refractivity (Wildman–Crippen MR) is 117 cm³/mol. The van der Waals surface area contributed by atoms with E-state index in [1.807, 2.05) is 65.6 Å². The van der Waals surface area contributed by atoms with Crippen molar-refractivity contribution in [3.05, 3.63) is 105 Å². The molecule has 1 amide bonds. The second kappa shape index (κ2) is 7.64. The smallest absolute Gasteiger partial charge is 0.225 e. The Kier molecular flexibility index (Phi) is 5.07. The summed E-state index contributed by atoms with van der Waals surface area (Å²) in [5.41, 5.74) is 3.19. The van der Waals surface area contributed by atoms with E-state index in [-0.39, 0.29) is 18.0 Å². The number of hydrogen-bond acceptors (Lipinski definition) is 2. The summed E-state index contributed by atoms with van der Waals surface area (Å²) in [6.45, 7) is 1.62. The molecule has 1 aliphatic rings. The molecule has 0 saturated carbocycles. The van der Waals surface area contributed by atoms with Crippen molar-refractivity contribution in [1.82, 2.24) is 4.90 Å². The standard InChI is InChI=1S/C23H19IN2O/c1-16(27)26-22(18-12-6-3-7-13-18)21(17-10-4-2-5-11-17)25-23(26)19-14-8-9-15-20(19)24/h2-15,21-22H,1H3/t21-,22-/m0/s1. The number of amidine groups is 1. The summed E-state index contributed by atoms with van der Waals surface area (Å²) in [5.74, 6) is 0.746. The van der Waals surface area contributed by atoms with Crippen LogP contribution in [-0.2, 0) is 4.79 Å². The average Bonchev–Trinajstić information content (AvgIpc) is 3.10. The maximum absolute atomic E-state index is 12.7. The van der Waals surface area contributed by atoms with Gasteiger partial charge in [-0.1, -0.05) is 78.9 Å². The molecule has 0 saturated heterocycles. The maximum atomic E-state index is 12.7. The van der Waals surface area contributed by atoms with Gasteiger partial charge in [0.05, 0.1) is 6.04 Å². The number of rotatable bonds is 3. The molecule has 3 aromatic carbocycles. The Morgan fingerprint density at radius 2 is 1.41 bits per heavy atom. The first kappa shape index (κ1) is 17.9. The van der Waals surface area contributed by atoms with Crippen LogP contribution in [0.2, 0.25) is 0 Å². The summed E-state index contributed by atoms with van der Waals surface area (Å²) in [7, 11) is 0. The van der Waals surface area contributed by atoms with Crippen molar-refractivity contribution in [3.8, 4) is 0 Å². The molecule has 3 nitrogen and oxygen atoms in total. The van der Waals surface area contributed by atoms with Crippen LogP contribution in [0.1, 0.15) is 35.7 Å². The highest BCUT2D eigenvalue weighted by molar-refractivity contribution is 14.1. The summed E-state index contributed by atoms with van der Waals surface area (Å²) in [6, 6.07) is 28.2. The lowest BCUT2D eigenvalue weighted by atomic mass is 9.93. The minimum atomic E-state index is -0.155. The number of benzene rings is 3. The normalized spacial score (nSPS) is 19.0. The fraction of sp³-hybridized carbons (Fsp3) is 0.130. The first-order valence-corrected chi connectivity index (χ1v) is 9.97. The van der Waals surface area contributed by atoms with Crippen molar-refractivity contribution in [3.63, 3.8) is 0 Å². The minimum Gasteiger partial charge on any atom is -0.287 e. The third-order valence-electron chi connectivity index (χ3n) is 4.80. The van der Waals surface area contributed by atoms with Gasteiger partial charge in [0.1, 0.15) is 11.9 Å². The molecule has 0 N–H and O–H groups in total. The molecule has 0 radical (unpaired) electrons. The number of carbonyl (C=O) groups excluding carboxylic acids is 1. The second-order valence-corrected chi connectivity index (χ2v) is 7.69. The summed E-state index contributed by atoms with van der Waals surface area (Å²) in [5, 5.41) is 0. The van der Waals surface area contributed by atoms with E-state index < -0.39 is 0 Å². The predicted octanol–water partition coefficient (Wildman–Crippen LogP) is 5.38. The highest BCUT2D eigenvalue weighted by atomic mass is 127. The third-order valence-corrected chi connectivity index (χ3v) is 5.74. The zero-order valence-corrected chi connectivity index (χ0v) is 17.1. The third kappa shape index (κ3) is 3.41. The Hall–Kier alpha value is -2.47. The van der Waals surface area contributed by atoms with Crippen LogP contribution in [0.4, 0.5) is 0 Å². The molecular weight excluding hydrogens is 447 g/mol. The van der Waals surface area contributed by atoms with E-state index in [0.29, 0.717) is 0 Å². The number of hydrogen-bond donors (Lipinski definition) is 0. The van der Waals surface area contributed by atoms with Gasteiger partial charge in [-0.15, -0.1) is 0 Å². The van der Waals surface area contributed by atoms with Gasteiger partial charge in [0.25, 0.3) is 0 Å². The molecule has 4 heteroatoms. The summed E-state index contributed by atoms with van der Waals surface area (Å²) in [6.07, 6.45) is 0. The fourth-order valence-electron chi connectivity index (χ4n) is 3.61. The first-order valence-electron chi connectivity index (χ1n) is 8.89. The molecular formula is C23H19IN2O. The van der Waals surface area contributed by atoms with Crippen LogP contribution in [0.25, 0.3) is 0 Å². The Balaban J connectivity index is 1.91. The van der Waals surface area contributed by atoms with Gasteiger partial charge in [-0.05, 0) is 39.8 Å². The molecule has 1 aliphatic heterocycles. The molecule has 0 unspecified atom stereocenters. The molecule has 0 aromatic heterocycles. The van der Waals surface area contributed by atoms with Gasteiger partial charge < -0.3 is 0 Å². The lowest BCUT2D eigenvalue weighted by Crippen LogP contribution is -2.36. The molecule has 27 heavy (non-hydrogen) atoms. The van der Waals surface area contributed by atoms with Gasteiger partial charge in [0.15, 0.2) is 0 Å².